The molecule has 3 aromatic rings. The molecular weight excluding hydrogens is 411 g/mol. The van der Waals surface area contributed by atoms with Gasteiger partial charge in [0.25, 0.3) is 5.91 Å². The highest BCUT2D eigenvalue weighted by Crippen LogP contribution is 2.38. The summed E-state index contributed by atoms with van der Waals surface area (Å²) in [5.41, 5.74) is 1.57. The van der Waals surface area contributed by atoms with Crippen molar-refractivity contribution in [1.82, 2.24) is 19.7 Å². The Hall–Kier alpha value is -3.43. The van der Waals surface area contributed by atoms with E-state index in [9.17, 15) is 18.0 Å². The van der Waals surface area contributed by atoms with Gasteiger partial charge in [-0.1, -0.05) is 0 Å². The SMILES string of the molecule is CCOc1nc(N2C[C@H](C)n3ncc(-c4ccnc(C)c4)c3C2=O)ccc1C(F)(F)F. The van der Waals surface area contributed by atoms with E-state index >= 15 is 0 Å². The summed E-state index contributed by atoms with van der Waals surface area (Å²) in [6, 6.07) is 5.51. The van der Waals surface area contributed by atoms with Gasteiger partial charge in [-0.15, -0.1) is 0 Å². The maximum absolute atomic E-state index is 13.4. The predicted molar refractivity (Wildman–Crippen MR) is 107 cm³/mol. The van der Waals surface area contributed by atoms with Gasteiger partial charge in [0.15, 0.2) is 0 Å². The molecule has 0 aliphatic carbocycles. The van der Waals surface area contributed by atoms with Crippen LogP contribution in [0.5, 0.6) is 5.88 Å². The van der Waals surface area contributed by atoms with Crippen LogP contribution in [0.4, 0.5) is 19.0 Å². The minimum absolute atomic E-state index is 0.0161. The summed E-state index contributed by atoms with van der Waals surface area (Å²) in [5.74, 6) is -0.843. The normalized spacial score (nSPS) is 16.4. The second-order valence-electron chi connectivity index (χ2n) is 7.26. The number of rotatable bonds is 4. The van der Waals surface area contributed by atoms with Gasteiger partial charge in [-0.2, -0.15) is 23.3 Å². The molecule has 10 heteroatoms. The number of carbonyl (C=O) groups excluding carboxylic acids is 1. The lowest BCUT2D eigenvalue weighted by molar-refractivity contribution is -0.139. The van der Waals surface area contributed by atoms with Crippen molar-refractivity contribution in [1.29, 1.82) is 0 Å². The number of amides is 1. The molecule has 31 heavy (non-hydrogen) atoms. The van der Waals surface area contributed by atoms with Crippen LogP contribution in [0.2, 0.25) is 0 Å². The molecule has 7 nitrogen and oxygen atoms in total. The summed E-state index contributed by atoms with van der Waals surface area (Å²) < 4.78 is 46.6. The Morgan fingerprint density at radius 3 is 2.71 bits per heavy atom. The number of aromatic nitrogens is 4. The van der Waals surface area contributed by atoms with Crippen molar-refractivity contribution >= 4 is 11.7 Å². The van der Waals surface area contributed by atoms with Gasteiger partial charge in [-0.3, -0.25) is 19.4 Å². The number of ether oxygens (including phenoxy) is 1. The van der Waals surface area contributed by atoms with Crippen LogP contribution < -0.4 is 9.64 Å². The highest BCUT2D eigenvalue weighted by Gasteiger charge is 2.38. The van der Waals surface area contributed by atoms with Gasteiger partial charge in [0.05, 0.1) is 18.8 Å². The highest BCUT2D eigenvalue weighted by molar-refractivity contribution is 6.09. The molecule has 0 N–H and O–H groups in total. The molecule has 162 valence electrons. The zero-order valence-electron chi connectivity index (χ0n) is 17.1. The summed E-state index contributed by atoms with van der Waals surface area (Å²) in [6.07, 6.45) is -1.34. The van der Waals surface area contributed by atoms with Crippen LogP contribution in [0.1, 0.15) is 41.6 Å². The minimum atomic E-state index is -4.61. The smallest absolute Gasteiger partial charge is 0.421 e. The Kier molecular flexibility index (Phi) is 5.16. The Labute approximate surface area is 176 Å². The minimum Gasteiger partial charge on any atom is -0.477 e. The molecule has 1 aliphatic heterocycles. The van der Waals surface area contributed by atoms with Crippen LogP contribution in [0, 0.1) is 6.92 Å². The van der Waals surface area contributed by atoms with E-state index < -0.39 is 23.5 Å². The molecule has 3 aromatic heterocycles. The molecule has 0 spiro atoms. The van der Waals surface area contributed by atoms with E-state index in [-0.39, 0.29) is 25.0 Å². The lowest BCUT2D eigenvalue weighted by atomic mass is 10.0. The lowest BCUT2D eigenvalue weighted by Gasteiger charge is -2.32. The van der Waals surface area contributed by atoms with Gasteiger partial charge < -0.3 is 4.74 Å². The maximum Gasteiger partial charge on any atom is 0.421 e. The average Bonchev–Trinajstić information content (AvgIpc) is 3.16. The molecule has 1 aliphatic rings. The zero-order chi connectivity index (χ0) is 22.3. The van der Waals surface area contributed by atoms with Crippen LogP contribution in [-0.4, -0.2) is 38.8 Å². The number of alkyl halides is 3. The monoisotopic (exact) mass is 431 g/mol. The second-order valence-corrected chi connectivity index (χ2v) is 7.26. The highest BCUT2D eigenvalue weighted by atomic mass is 19.4. The second kappa shape index (κ2) is 7.68. The van der Waals surface area contributed by atoms with Crippen molar-refractivity contribution in [3.8, 4) is 17.0 Å². The van der Waals surface area contributed by atoms with Crippen LogP contribution in [0.3, 0.4) is 0 Å². The third-order valence-electron chi connectivity index (χ3n) is 5.02. The van der Waals surface area contributed by atoms with Crippen molar-refractivity contribution in [2.24, 2.45) is 0 Å². The van der Waals surface area contributed by atoms with E-state index in [1.807, 2.05) is 19.9 Å². The first-order valence-electron chi connectivity index (χ1n) is 9.74. The first-order chi connectivity index (χ1) is 14.7. The molecule has 0 radical (unpaired) electrons. The predicted octanol–water partition coefficient (Wildman–Crippen LogP) is 4.29. The number of nitrogens with zero attached hydrogens (tertiary/aromatic N) is 5. The van der Waals surface area contributed by atoms with Crippen LogP contribution in [0.15, 0.2) is 36.7 Å². The molecule has 1 amide bonds. The molecule has 0 unspecified atom stereocenters. The van der Waals surface area contributed by atoms with Crippen molar-refractivity contribution in [3.63, 3.8) is 0 Å². The van der Waals surface area contributed by atoms with Gasteiger partial charge in [-0.05, 0) is 50.6 Å². The van der Waals surface area contributed by atoms with E-state index in [1.165, 1.54) is 11.0 Å². The molecule has 0 bridgehead atoms. The quantitative estimate of drug-likeness (QED) is 0.616. The van der Waals surface area contributed by atoms with Crippen molar-refractivity contribution in [2.75, 3.05) is 18.1 Å². The Bertz CT molecular complexity index is 1140. The van der Waals surface area contributed by atoms with E-state index in [1.54, 1.807) is 30.1 Å². The fraction of sp³-hybridized carbons (Fsp3) is 0.333. The van der Waals surface area contributed by atoms with Gasteiger partial charge in [0.2, 0.25) is 5.88 Å². The molecule has 0 fully saturated rings. The fourth-order valence-electron chi connectivity index (χ4n) is 3.63. The summed E-state index contributed by atoms with van der Waals surface area (Å²) in [7, 11) is 0. The average molecular weight is 431 g/mol. The van der Waals surface area contributed by atoms with E-state index in [0.29, 0.717) is 11.3 Å². The summed E-state index contributed by atoms with van der Waals surface area (Å²) in [5, 5.41) is 4.37. The number of hydrogen-bond acceptors (Lipinski definition) is 5. The molecule has 4 rings (SSSR count). The molecular formula is C21H20F3N5O2. The van der Waals surface area contributed by atoms with Gasteiger partial charge in [0, 0.05) is 24.0 Å². The molecule has 1 atom stereocenters. The van der Waals surface area contributed by atoms with E-state index in [0.717, 1.165) is 17.3 Å². The molecule has 0 saturated heterocycles. The molecule has 4 heterocycles. The third-order valence-corrected chi connectivity index (χ3v) is 5.02. The van der Waals surface area contributed by atoms with Crippen molar-refractivity contribution < 1.29 is 22.7 Å². The third kappa shape index (κ3) is 3.73. The number of aryl methyl sites for hydroxylation is 1. The number of fused-ring (bicyclic) bond motifs is 1. The van der Waals surface area contributed by atoms with Gasteiger partial charge in [0.1, 0.15) is 17.1 Å². The zero-order valence-corrected chi connectivity index (χ0v) is 17.1. The Morgan fingerprint density at radius 1 is 1.26 bits per heavy atom. The van der Waals surface area contributed by atoms with Crippen LogP contribution >= 0.6 is 0 Å². The fourth-order valence-corrected chi connectivity index (χ4v) is 3.63. The number of anilines is 1. The number of pyridine rings is 2. The Morgan fingerprint density at radius 2 is 2.03 bits per heavy atom. The Balaban J connectivity index is 1.78. The maximum atomic E-state index is 13.4. The van der Waals surface area contributed by atoms with Crippen LogP contribution in [-0.2, 0) is 6.18 Å². The van der Waals surface area contributed by atoms with Gasteiger partial charge in [-0.25, -0.2) is 0 Å². The molecule has 0 aromatic carbocycles. The number of hydrogen-bond donors (Lipinski definition) is 0. The van der Waals surface area contributed by atoms with Crippen LogP contribution in [0.25, 0.3) is 11.1 Å². The molecule has 0 saturated carbocycles. The summed E-state index contributed by atoms with van der Waals surface area (Å²) in [4.78, 5) is 23.0. The van der Waals surface area contributed by atoms with E-state index in [4.69, 9.17) is 4.74 Å². The first-order valence-corrected chi connectivity index (χ1v) is 9.74. The van der Waals surface area contributed by atoms with Crippen molar-refractivity contribution in [2.45, 2.75) is 33.0 Å². The standard InChI is InChI=1S/C21H20F3N5O2/c1-4-31-19-16(21(22,23)24)5-6-17(27-19)28-11-13(3)29-18(20(28)30)15(10-26-29)14-7-8-25-12(2)9-14/h5-10,13H,4,11H2,1-3H3/t13-/m0/s1. The topological polar surface area (TPSA) is 73.1 Å². The number of halogens is 3. The lowest BCUT2D eigenvalue weighted by Crippen LogP contribution is -2.43. The largest absolute Gasteiger partial charge is 0.477 e. The van der Waals surface area contributed by atoms with Gasteiger partial charge >= 0.3 is 6.18 Å². The van der Waals surface area contributed by atoms with E-state index in [2.05, 4.69) is 15.1 Å². The summed E-state index contributed by atoms with van der Waals surface area (Å²) >= 11 is 0. The summed E-state index contributed by atoms with van der Waals surface area (Å²) in [6.45, 7) is 5.53. The van der Waals surface area contributed by atoms with Crippen molar-refractivity contribution in [3.05, 3.63) is 53.6 Å². The first kappa shape index (κ1) is 20.8. The number of carbonyl (C=O) groups is 1.